The van der Waals surface area contributed by atoms with E-state index in [-0.39, 0.29) is 11.8 Å². The molecule has 142 valence electrons. The quantitative estimate of drug-likeness (QED) is 0.674. The molecule has 27 heavy (non-hydrogen) atoms. The van der Waals surface area contributed by atoms with Gasteiger partial charge < -0.3 is 19.4 Å². The number of hydrogen-bond donors (Lipinski definition) is 1. The number of para-hydroxylation sites is 1. The van der Waals surface area contributed by atoms with Gasteiger partial charge in [0.25, 0.3) is 0 Å². The molecule has 1 amide bonds. The van der Waals surface area contributed by atoms with Gasteiger partial charge in [0, 0.05) is 44.7 Å². The van der Waals surface area contributed by atoms with Crippen LogP contribution in [-0.2, 0) is 9.53 Å². The van der Waals surface area contributed by atoms with Gasteiger partial charge in [-0.3, -0.25) is 4.79 Å². The van der Waals surface area contributed by atoms with E-state index in [4.69, 9.17) is 9.15 Å². The van der Waals surface area contributed by atoms with Gasteiger partial charge in [-0.2, -0.15) is 0 Å². The van der Waals surface area contributed by atoms with Crippen molar-refractivity contribution < 1.29 is 13.9 Å². The summed E-state index contributed by atoms with van der Waals surface area (Å²) in [6.45, 7) is 2.89. The lowest BCUT2D eigenvalue weighted by atomic mass is 9.96. The van der Waals surface area contributed by atoms with Crippen LogP contribution in [0.3, 0.4) is 0 Å². The molecule has 0 atom stereocenters. The van der Waals surface area contributed by atoms with Gasteiger partial charge in [0.15, 0.2) is 11.4 Å². The third-order valence-electron chi connectivity index (χ3n) is 5.13. The van der Waals surface area contributed by atoms with Crippen LogP contribution in [0.4, 0.5) is 5.82 Å². The first-order valence-corrected chi connectivity index (χ1v) is 9.42. The van der Waals surface area contributed by atoms with Crippen molar-refractivity contribution in [2.24, 2.45) is 5.92 Å². The topological polar surface area (TPSA) is 80.5 Å². The molecule has 1 fully saturated rings. The number of fused-ring (bicyclic) bond motifs is 3. The highest BCUT2D eigenvalue weighted by Crippen LogP contribution is 2.33. The van der Waals surface area contributed by atoms with Crippen molar-refractivity contribution in [1.29, 1.82) is 0 Å². The number of furan rings is 1. The van der Waals surface area contributed by atoms with E-state index in [1.165, 1.54) is 0 Å². The predicted molar refractivity (Wildman–Crippen MR) is 104 cm³/mol. The van der Waals surface area contributed by atoms with Crippen molar-refractivity contribution in [3.63, 3.8) is 0 Å². The van der Waals surface area contributed by atoms with Crippen LogP contribution in [0.1, 0.15) is 19.3 Å². The molecule has 0 radical (unpaired) electrons. The van der Waals surface area contributed by atoms with E-state index in [1.807, 2.05) is 24.3 Å². The second-order valence-corrected chi connectivity index (χ2v) is 6.87. The zero-order valence-corrected chi connectivity index (χ0v) is 15.5. The molecule has 7 heteroatoms. The van der Waals surface area contributed by atoms with Gasteiger partial charge in [-0.1, -0.05) is 12.1 Å². The van der Waals surface area contributed by atoms with E-state index in [2.05, 4.69) is 20.2 Å². The van der Waals surface area contributed by atoms with Gasteiger partial charge in [0.1, 0.15) is 17.4 Å². The molecule has 3 aromatic rings. The molecule has 1 aliphatic rings. The van der Waals surface area contributed by atoms with Crippen LogP contribution >= 0.6 is 0 Å². The number of amides is 1. The first-order chi connectivity index (χ1) is 13.3. The van der Waals surface area contributed by atoms with Crippen molar-refractivity contribution >= 4 is 33.8 Å². The molecule has 2 aromatic heterocycles. The Morgan fingerprint density at radius 3 is 2.93 bits per heavy atom. The summed E-state index contributed by atoms with van der Waals surface area (Å²) in [5.74, 6) is 1.01. The highest BCUT2D eigenvalue weighted by molar-refractivity contribution is 6.05. The molecular formula is C20H24N4O3. The van der Waals surface area contributed by atoms with Gasteiger partial charge >= 0.3 is 0 Å². The highest BCUT2D eigenvalue weighted by atomic mass is 16.5. The summed E-state index contributed by atoms with van der Waals surface area (Å²) < 4.78 is 11.0. The molecule has 4 rings (SSSR count). The lowest BCUT2D eigenvalue weighted by Gasteiger charge is -2.31. The smallest absolute Gasteiger partial charge is 0.223 e. The Kier molecular flexibility index (Phi) is 5.20. The summed E-state index contributed by atoms with van der Waals surface area (Å²) in [4.78, 5) is 23.4. The minimum absolute atomic E-state index is 0.0526. The molecule has 0 unspecified atom stereocenters. The molecule has 0 aliphatic carbocycles. The summed E-state index contributed by atoms with van der Waals surface area (Å²) in [6.07, 6.45) is 4.05. The molecular weight excluding hydrogens is 344 g/mol. The summed E-state index contributed by atoms with van der Waals surface area (Å²) >= 11 is 0. The zero-order valence-electron chi connectivity index (χ0n) is 15.5. The fraction of sp³-hybridized carbons (Fsp3) is 0.450. The Bertz CT molecular complexity index is 931. The van der Waals surface area contributed by atoms with E-state index in [9.17, 15) is 4.79 Å². The Balaban J connectivity index is 1.45. The van der Waals surface area contributed by atoms with Crippen molar-refractivity contribution in [2.45, 2.75) is 19.3 Å². The van der Waals surface area contributed by atoms with Gasteiger partial charge in [-0.15, -0.1) is 0 Å². The van der Waals surface area contributed by atoms with Crippen molar-refractivity contribution in [1.82, 2.24) is 15.3 Å². The van der Waals surface area contributed by atoms with Crippen LogP contribution in [0.15, 0.2) is 35.0 Å². The van der Waals surface area contributed by atoms with Crippen LogP contribution < -0.4 is 10.2 Å². The SMILES string of the molecule is COCCCNC(=O)C1CCN(c2ncnc3c2oc2ccccc23)CC1. The number of anilines is 1. The largest absolute Gasteiger partial charge is 0.450 e. The first kappa shape index (κ1) is 17.7. The highest BCUT2D eigenvalue weighted by Gasteiger charge is 2.27. The molecule has 3 heterocycles. The lowest BCUT2D eigenvalue weighted by Crippen LogP contribution is -2.41. The second-order valence-electron chi connectivity index (χ2n) is 6.87. The number of hydrogen-bond acceptors (Lipinski definition) is 6. The Morgan fingerprint density at radius 2 is 2.11 bits per heavy atom. The van der Waals surface area contributed by atoms with Crippen LogP contribution in [0, 0.1) is 5.92 Å². The zero-order chi connectivity index (χ0) is 18.6. The number of carbonyl (C=O) groups excluding carboxylic acids is 1. The van der Waals surface area contributed by atoms with E-state index >= 15 is 0 Å². The lowest BCUT2D eigenvalue weighted by molar-refractivity contribution is -0.125. The fourth-order valence-corrected chi connectivity index (χ4v) is 3.66. The van der Waals surface area contributed by atoms with Crippen LogP contribution in [0.25, 0.3) is 22.1 Å². The van der Waals surface area contributed by atoms with E-state index < -0.39 is 0 Å². The van der Waals surface area contributed by atoms with Crippen LogP contribution in [0.2, 0.25) is 0 Å². The molecule has 1 aromatic carbocycles. The molecule has 0 saturated carbocycles. The number of methoxy groups -OCH3 is 1. The molecule has 0 spiro atoms. The first-order valence-electron chi connectivity index (χ1n) is 9.42. The van der Waals surface area contributed by atoms with Crippen LogP contribution in [0.5, 0.6) is 0 Å². The minimum atomic E-state index is 0.0526. The standard InChI is InChI=1S/C20H24N4O3/c1-26-12-4-9-21-20(25)14-7-10-24(11-8-14)19-18-17(22-13-23-19)15-5-2-3-6-16(15)27-18/h2-3,5-6,13-14H,4,7-12H2,1H3,(H,21,25). The van der Waals surface area contributed by atoms with Crippen molar-refractivity contribution in [3.05, 3.63) is 30.6 Å². The molecule has 1 N–H and O–H groups in total. The summed E-state index contributed by atoms with van der Waals surface area (Å²) in [6, 6.07) is 7.89. The summed E-state index contributed by atoms with van der Waals surface area (Å²) in [5.41, 5.74) is 2.38. The maximum absolute atomic E-state index is 12.3. The number of benzene rings is 1. The third-order valence-corrected chi connectivity index (χ3v) is 5.13. The summed E-state index contributed by atoms with van der Waals surface area (Å²) in [5, 5.41) is 4.01. The average molecular weight is 368 g/mol. The Hall–Kier alpha value is -2.67. The van der Waals surface area contributed by atoms with Gasteiger partial charge in [-0.05, 0) is 31.4 Å². The van der Waals surface area contributed by atoms with E-state index in [0.29, 0.717) is 13.2 Å². The molecule has 0 bridgehead atoms. The number of carbonyl (C=O) groups is 1. The maximum Gasteiger partial charge on any atom is 0.223 e. The minimum Gasteiger partial charge on any atom is -0.450 e. The number of ether oxygens (including phenoxy) is 1. The van der Waals surface area contributed by atoms with Crippen LogP contribution in [-0.4, -0.2) is 49.2 Å². The maximum atomic E-state index is 12.3. The average Bonchev–Trinajstić information content (AvgIpc) is 3.10. The van der Waals surface area contributed by atoms with E-state index in [1.54, 1.807) is 13.4 Å². The normalized spacial score (nSPS) is 15.5. The monoisotopic (exact) mass is 368 g/mol. The van der Waals surface area contributed by atoms with Gasteiger partial charge in [0.2, 0.25) is 5.91 Å². The van der Waals surface area contributed by atoms with Gasteiger partial charge in [0.05, 0.1) is 0 Å². The van der Waals surface area contributed by atoms with Crippen molar-refractivity contribution in [2.75, 3.05) is 38.3 Å². The number of nitrogens with zero attached hydrogens (tertiary/aromatic N) is 3. The van der Waals surface area contributed by atoms with Gasteiger partial charge in [-0.25, -0.2) is 9.97 Å². The number of piperidine rings is 1. The Morgan fingerprint density at radius 1 is 1.30 bits per heavy atom. The number of aromatic nitrogens is 2. The predicted octanol–water partition coefficient (Wildman–Crippen LogP) is 2.75. The molecule has 1 saturated heterocycles. The van der Waals surface area contributed by atoms with Crippen molar-refractivity contribution in [3.8, 4) is 0 Å². The molecule has 1 aliphatic heterocycles. The summed E-state index contributed by atoms with van der Waals surface area (Å²) in [7, 11) is 1.67. The third kappa shape index (κ3) is 3.60. The second kappa shape index (κ2) is 7.92. The van der Waals surface area contributed by atoms with E-state index in [0.717, 1.165) is 60.2 Å². The Labute approximate surface area is 157 Å². The molecule has 7 nitrogen and oxygen atoms in total. The number of rotatable bonds is 6. The number of nitrogens with one attached hydrogen (secondary N) is 1. The fourth-order valence-electron chi connectivity index (χ4n) is 3.66.